The molecule has 19 heavy (non-hydrogen) atoms. The standard InChI is InChI=1S/C14H13ClN2OS/c15-11-5-3-10(4-6-11)9-12-13(18)16-14(19-12)17-7-1-2-8-17/h3-6,9H,1-2,7-8H2/b12-9+. The lowest BCUT2D eigenvalue weighted by atomic mass is 10.2. The van der Waals surface area contributed by atoms with Crippen LogP contribution in [0.5, 0.6) is 0 Å². The zero-order valence-corrected chi connectivity index (χ0v) is 11.9. The molecule has 1 aromatic rings. The summed E-state index contributed by atoms with van der Waals surface area (Å²) in [5.74, 6) is -0.137. The maximum Gasteiger partial charge on any atom is 0.286 e. The normalized spacial score (nSPS) is 21.3. The fourth-order valence-electron chi connectivity index (χ4n) is 2.15. The Morgan fingerprint density at radius 2 is 1.89 bits per heavy atom. The average Bonchev–Trinajstić information content (AvgIpc) is 3.03. The number of aliphatic imine (C=N–C) groups is 1. The van der Waals surface area contributed by atoms with Gasteiger partial charge in [0.2, 0.25) is 0 Å². The molecule has 1 fully saturated rings. The van der Waals surface area contributed by atoms with Gasteiger partial charge in [-0.25, -0.2) is 0 Å². The van der Waals surface area contributed by atoms with Gasteiger partial charge in [-0.3, -0.25) is 4.79 Å². The molecule has 0 aliphatic carbocycles. The third kappa shape index (κ3) is 2.85. The highest BCUT2D eigenvalue weighted by molar-refractivity contribution is 8.18. The molecule has 0 bridgehead atoms. The van der Waals surface area contributed by atoms with E-state index >= 15 is 0 Å². The largest absolute Gasteiger partial charge is 0.351 e. The monoisotopic (exact) mass is 292 g/mol. The lowest BCUT2D eigenvalue weighted by Gasteiger charge is -2.14. The van der Waals surface area contributed by atoms with E-state index in [0.717, 1.165) is 23.8 Å². The summed E-state index contributed by atoms with van der Waals surface area (Å²) in [6, 6.07) is 7.44. The molecule has 1 aromatic carbocycles. The van der Waals surface area contributed by atoms with Crippen molar-refractivity contribution < 1.29 is 4.79 Å². The molecule has 0 aromatic heterocycles. The molecule has 0 unspecified atom stereocenters. The van der Waals surface area contributed by atoms with Crippen molar-refractivity contribution in [1.82, 2.24) is 4.90 Å². The molecule has 2 aliphatic rings. The van der Waals surface area contributed by atoms with E-state index < -0.39 is 0 Å². The Morgan fingerprint density at radius 3 is 2.58 bits per heavy atom. The number of hydrogen-bond donors (Lipinski definition) is 0. The number of benzene rings is 1. The number of amidine groups is 1. The number of halogens is 1. The zero-order chi connectivity index (χ0) is 13.2. The molecule has 0 N–H and O–H groups in total. The Labute approximate surface area is 121 Å². The highest BCUT2D eigenvalue weighted by Crippen LogP contribution is 2.31. The summed E-state index contributed by atoms with van der Waals surface area (Å²) in [5, 5.41) is 1.55. The summed E-state index contributed by atoms with van der Waals surface area (Å²) in [5.41, 5.74) is 0.970. The molecule has 98 valence electrons. The number of hydrogen-bond acceptors (Lipinski definition) is 3. The SMILES string of the molecule is O=C1N=C(N2CCCC2)S/C1=C/c1ccc(Cl)cc1. The van der Waals surface area contributed by atoms with Crippen LogP contribution in [0.15, 0.2) is 34.2 Å². The number of nitrogens with zero attached hydrogens (tertiary/aromatic N) is 2. The maximum atomic E-state index is 11.9. The number of amides is 1. The first-order chi connectivity index (χ1) is 9.22. The van der Waals surface area contributed by atoms with Crippen LogP contribution < -0.4 is 0 Å². The summed E-state index contributed by atoms with van der Waals surface area (Å²) >= 11 is 7.31. The van der Waals surface area contributed by atoms with Crippen molar-refractivity contribution >= 4 is 40.5 Å². The molecule has 3 nitrogen and oxygen atoms in total. The molecule has 5 heteroatoms. The summed E-state index contributed by atoms with van der Waals surface area (Å²) in [6.07, 6.45) is 4.24. The second kappa shape index (κ2) is 5.39. The molecule has 0 saturated carbocycles. The van der Waals surface area contributed by atoms with E-state index in [-0.39, 0.29) is 5.91 Å². The van der Waals surface area contributed by atoms with Crippen molar-refractivity contribution in [1.29, 1.82) is 0 Å². The van der Waals surface area contributed by atoms with E-state index in [1.807, 2.05) is 30.3 Å². The minimum absolute atomic E-state index is 0.137. The molecular formula is C14H13ClN2OS. The van der Waals surface area contributed by atoms with Gasteiger partial charge in [-0.2, -0.15) is 4.99 Å². The predicted octanol–water partition coefficient (Wildman–Crippen LogP) is 3.41. The molecule has 0 atom stereocenters. The fraction of sp³-hybridized carbons (Fsp3) is 0.286. The van der Waals surface area contributed by atoms with Gasteiger partial charge < -0.3 is 4.90 Å². The quantitative estimate of drug-likeness (QED) is 0.744. The fourth-order valence-corrected chi connectivity index (χ4v) is 3.24. The van der Waals surface area contributed by atoms with Gasteiger partial charge in [0.1, 0.15) is 0 Å². The first kappa shape index (κ1) is 12.8. The topological polar surface area (TPSA) is 32.7 Å². The van der Waals surface area contributed by atoms with Crippen LogP contribution in [-0.4, -0.2) is 29.1 Å². The van der Waals surface area contributed by atoms with Gasteiger partial charge in [0, 0.05) is 18.1 Å². The second-order valence-electron chi connectivity index (χ2n) is 4.56. The predicted molar refractivity (Wildman–Crippen MR) is 80.3 cm³/mol. The van der Waals surface area contributed by atoms with E-state index in [9.17, 15) is 4.79 Å². The number of likely N-dealkylation sites (tertiary alicyclic amines) is 1. The van der Waals surface area contributed by atoms with Gasteiger partial charge in [-0.05, 0) is 48.4 Å². The Hall–Kier alpha value is -1.26. The molecule has 0 spiro atoms. The van der Waals surface area contributed by atoms with E-state index in [4.69, 9.17) is 11.6 Å². The summed E-state index contributed by atoms with van der Waals surface area (Å²) < 4.78 is 0. The smallest absolute Gasteiger partial charge is 0.286 e. The van der Waals surface area contributed by atoms with Gasteiger partial charge >= 0.3 is 0 Å². The van der Waals surface area contributed by atoms with Gasteiger partial charge in [0.15, 0.2) is 5.17 Å². The first-order valence-electron chi connectivity index (χ1n) is 6.25. The van der Waals surface area contributed by atoms with Gasteiger partial charge in [0.25, 0.3) is 5.91 Å². The Bertz CT molecular complexity index is 559. The highest BCUT2D eigenvalue weighted by Gasteiger charge is 2.27. The summed E-state index contributed by atoms with van der Waals surface area (Å²) in [7, 11) is 0. The van der Waals surface area contributed by atoms with Crippen molar-refractivity contribution in [2.75, 3.05) is 13.1 Å². The van der Waals surface area contributed by atoms with Crippen LogP contribution in [0.1, 0.15) is 18.4 Å². The third-order valence-electron chi connectivity index (χ3n) is 3.15. The first-order valence-corrected chi connectivity index (χ1v) is 7.45. The van der Waals surface area contributed by atoms with E-state index in [1.54, 1.807) is 0 Å². The molecule has 2 aliphatic heterocycles. The Morgan fingerprint density at radius 1 is 1.21 bits per heavy atom. The number of rotatable bonds is 1. The van der Waals surface area contributed by atoms with E-state index in [1.165, 1.54) is 24.6 Å². The van der Waals surface area contributed by atoms with Crippen molar-refractivity contribution in [2.24, 2.45) is 4.99 Å². The molecule has 1 saturated heterocycles. The molecule has 0 radical (unpaired) electrons. The van der Waals surface area contributed by atoms with Crippen LogP contribution in [0.2, 0.25) is 5.02 Å². The third-order valence-corrected chi connectivity index (χ3v) is 4.45. The van der Waals surface area contributed by atoms with Crippen LogP contribution in [0.4, 0.5) is 0 Å². The molecule has 1 amide bonds. The van der Waals surface area contributed by atoms with Crippen LogP contribution in [0.25, 0.3) is 6.08 Å². The van der Waals surface area contributed by atoms with Crippen LogP contribution in [0.3, 0.4) is 0 Å². The van der Waals surface area contributed by atoms with Gasteiger partial charge in [0.05, 0.1) is 4.91 Å². The van der Waals surface area contributed by atoms with Crippen LogP contribution in [-0.2, 0) is 4.79 Å². The maximum absolute atomic E-state index is 11.9. The number of carbonyl (C=O) groups excluding carboxylic acids is 1. The van der Waals surface area contributed by atoms with Crippen molar-refractivity contribution in [3.8, 4) is 0 Å². The second-order valence-corrected chi connectivity index (χ2v) is 6.00. The van der Waals surface area contributed by atoms with Crippen molar-refractivity contribution in [3.05, 3.63) is 39.8 Å². The van der Waals surface area contributed by atoms with Gasteiger partial charge in [-0.15, -0.1) is 0 Å². The Balaban J connectivity index is 1.77. The van der Waals surface area contributed by atoms with E-state index in [2.05, 4.69) is 9.89 Å². The minimum Gasteiger partial charge on any atom is -0.351 e. The molecular weight excluding hydrogens is 280 g/mol. The number of carbonyl (C=O) groups is 1. The highest BCUT2D eigenvalue weighted by atomic mass is 35.5. The Kier molecular flexibility index (Phi) is 3.62. The van der Waals surface area contributed by atoms with Gasteiger partial charge in [-0.1, -0.05) is 23.7 Å². The van der Waals surface area contributed by atoms with E-state index in [0.29, 0.717) is 9.93 Å². The minimum atomic E-state index is -0.137. The zero-order valence-electron chi connectivity index (χ0n) is 10.3. The lowest BCUT2D eigenvalue weighted by molar-refractivity contribution is -0.113. The molecule has 3 rings (SSSR count). The number of thioether (sulfide) groups is 1. The average molecular weight is 293 g/mol. The van der Waals surface area contributed by atoms with Crippen LogP contribution >= 0.6 is 23.4 Å². The van der Waals surface area contributed by atoms with Crippen molar-refractivity contribution in [3.63, 3.8) is 0 Å². The lowest BCUT2D eigenvalue weighted by Crippen LogP contribution is -2.23. The van der Waals surface area contributed by atoms with Crippen molar-refractivity contribution in [2.45, 2.75) is 12.8 Å². The molecule has 2 heterocycles. The van der Waals surface area contributed by atoms with Crippen LogP contribution in [0, 0.1) is 0 Å². The summed E-state index contributed by atoms with van der Waals surface area (Å²) in [4.78, 5) is 18.9. The summed E-state index contributed by atoms with van der Waals surface area (Å²) in [6.45, 7) is 2.01.